The summed E-state index contributed by atoms with van der Waals surface area (Å²) in [5.74, 6) is 1.52. The first-order valence-corrected chi connectivity index (χ1v) is 6.65. The van der Waals surface area contributed by atoms with Crippen LogP contribution in [-0.2, 0) is 6.54 Å². The minimum atomic E-state index is -0.818. The summed E-state index contributed by atoms with van der Waals surface area (Å²) in [6.45, 7) is 2.65. The summed E-state index contributed by atoms with van der Waals surface area (Å²) in [6, 6.07) is 5.26. The van der Waals surface area contributed by atoms with Gasteiger partial charge in [-0.05, 0) is 30.7 Å². The highest BCUT2D eigenvalue weighted by atomic mass is 16.5. The van der Waals surface area contributed by atoms with Crippen LogP contribution < -0.4 is 14.2 Å². The smallest absolute Gasteiger partial charge is 0.203 e. The molecule has 0 saturated heterocycles. The molecule has 1 N–H and O–H groups in total. The van der Waals surface area contributed by atoms with E-state index in [0.717, 1.165) is 0 Å². The highest BCUT2D eigenvalue weighted by Crippen LogP contribution is 2.40. The lowest BCUT2D eigenvalue weighted by Crippen LogP contribution is -2.09. The van der Waals surface area contributed by atoms with E-state index in [0.29, 0.717) is 35.1 Å². The number of hydrogen-bond acceptors (Lipinski definition) is 5. The van der Waals surface area contributed by atoms with E-state index in [1.807, 2.05) is 6.92 Å². The summed E-state index contributed by atoms with van der Waals surface area (Å²) in [6.07, 6.45) is 0.848. The van der Waals surface area contributed by atoms with E-state index in [2.05, 4.69) is 5.10 Å². The van der Waals surface area contributed by atoms with Gasteiger partial charge in [0.25, 0.3) is 0 Å². The molecule has 2 rings (SSSR count). The first-order chi connectivity index (χ1) is 10.2. The second-order valence-electron chi connectivity index (χ2n) is 4.43. The number of aryl methyl sites for hydroxylation is 1. The fraction of sp³-hybridized carbons (Fsp3) is 0.400. The van der Waals surface area contributed by atoms with Gasteiger partial charge in [0.1, 0.15) is 6.10 Å². The number of methoxy groups -OCH3 is 3. The number of aliphatic hydroxyl groups excluding tert-OH is 1. The van der Waals surface area contributed by atoms with Crippen molar-refractivity contribution in [1.29, 1.82) is 0 Å². The maximum Gasteiger partial charge on any atom is 0.203 e. The molecule has 0 aliphatic carbocycles. The molecule has 6 heteroatoms. The van der Waals surface area contributed by atoms with Crippen molar-refractivity contribution < 1.29 is 19.3 Å². The molecule has 1 unspecified atom stereocenters. The lowest BCUT2D eigenvalue weighted by atomic mass is 10.0. The normalized spacial score (nSPS) is 12.0. The minimum absolute atomic E-state index is 0.500. The zero-order valence-electron chi connectivity index (χ0n) is 12.7. The maximum absolute atomic E-state index is 10.6. The number of aliphatic hydroxyl groups is 1. The maximum atomic E-state index is 10.6. The predicted octanol–water partition coefficient (Wildman–Crippen LogP) is 2.01. The average molecular weight is 292 g/mol. The third kappa shape index (κ3) is 2.80. The Morgan fingerprint density at radius 1 is 1.14 bits per heavy atom. The average Bonchev–Trinajstić information content (AvgIpc) is 3.01. The van der Waals surface area contributed by atoms with Crippen LogP contribution in [0.1, 0.15) is 24.3 Å². The molecule has 0 spiro atoms. The van der Waals surface area contributed by atoms with Crippen LogP contribution in [0.3, 0.4) is 0 Å². The van der Waals surface area contributed by atoms with Crippen molar-refractivity contribution in [3.05, 3.63) is 35.7 Å². The van der Waals surface area contributed by atoms with Crippen LogP contribution in [0.2, 0.25) is 0 Å². The molecule has 1 atom stereocenters. The molecule has 2 aromatic rings. The molecule has 0 aliphatic heterocycles. The molecular formula is C15H20N2O4. The monoisotopic (exact) mass is 292 g/mol. The van der Waals surface area contributed by atoms with Gasteiger partial charge in [-0.3, -0.25) is 4.68 Å². The van der Waals surface area contributed by atoms with Gasteiger partial charge >= 0.3 is 0 Å². The fourth-order valence-corrected chi connectivity index (χ4v) is 2.27. The standard InChI is InChI=1S/C15H20N2O4/c1-5-17-11(6-7-16-17)14(18)10-8-12(19-2)15(21-4)13(9-10)20-3/h6-9,14,18H,5H2,1-4H3. The molecule has 0 fully saturated rings. The Hall–Kier alpha value is -2.21. The summed E-state index contributed by atoms with van der Waals surface area (Å²) in [7, 11) is 4.64. The molecule has 0 bridgehead atoms. The van der Waals surface area contributed by atoms with Crippen LogP contribution in [0.4, 0.5) is 0 Å². The topological polar surface area (TPSA) is 65.7 Å². The van der Waals surface area contributed by atoms with Crippen LogP contribution in [-0.4, -0.2) is 36.2 Å². The molecule has 0 aliphatic rings. The Kier molecular flexibility index (Phi) is 4.70. The first kappa shape index (κ1) is 15.2. The van der Waals surface area contributed by atoms with Crippen LogP contribution in [0.15, 0.2) is 24.4 Å². The predicted molar refractivity (Wildman–Crippen MR) is 78.1 cm³/mol. The second kappa shape index (κ2) is 6.49. The van der Waals surface area contributed by atoms with Crippen molar-refractivity contribution in [3.8, 4) is 17.2 Å². The molecule has 0 radical (unpaired) electrons. The van der Waals surface area contributed by atoms with E-state index in [1.165, 1.54) is 0 Å². The van der Waals surface area contributed by atoms with Crippen molar-refractivity contribution in [2.24, 2.45) is 0 Å². The van der Waals surface area contributed by atoms with Gasteiger partial charge in [-0.1, -0.05) is 0 Å². The van der Waals surface area contributed by atoms with Crippen molar-refractivity contribution in [2.75, 3.05) is 21.3 Å². The lowest BCUT2D eigenvalue weighted by molar-refractivity contribution is 0.206. The van der Waals surface area contributed by atoms with Gasteiger partial charge in [-0.25, -0.2) is 0 Å². The van der Waals surface area contributed by atoms with Crippen molar-refractivity contribution >= 4 is 0 Å². The van der Waals surface area contributed by atoms with Gasteiger partial charge < -0.3 is 19.3 Å². The molecule has 1 heterocycles. The summed E-state index contributed by atoms with van der Waals surface area (Å²) >= 11 is 0. The van der Waals surface area contributed by atoms with Gasteiger partial charge in [-0.2, -0.15) is 5.10 Å². The van der Waals surface area contributed by atoms with Gasteiger partial charge in [0.15, 0.2) is 11.5 Å². The third-order valence-corrected chi connectivity index (χ3v) is 3.33. The molecular weight excluding hydrogens is 272 g/mol. The fourth-order valence-electron chi connectivity index (χ4n) is 2.27. The van der Waals surface area contributed by atoms with E-state index in [-0.39, 0.29) is 0 Å². The molecule has 0 saturated carbocycles. The van der Waals surface area contributed by atoms with Crippen molar-refractivity contribution in [1.82, 2.24) is 9.78 Å². The number of rotatable bonds is 6. The van der Waals surface area contributed by atoms with Crippen LogP contribution >= 0.6 is 0 Å². The van der Waals surface area contributed by atoms with E-state index in [4.69, 9.17) is 14.2 Å². The highest BCUT2D eigenvalue weighted by molar-refractivity contribution is 5.54. The number of hydrogen-bond donors (Lipinski definition) is 1. The molecule has 6 nitrogen and oxygen atoms in total. The summed E-state index contributed by atoms with van der Waals surface area (Å²) < 4.78 is 17.6. The van der Waals surface area contributed by atoms with Crippen molar-refractivity contribution in [2.45, 2.75) is 19.6 Å². The number of nitrogens with zero attached hydrogens (tertiary/aromatic N) is 2. The molecule has 1 aromatic carbocycles. The number of benzene rings is 1. The zero-order valence-corrected chi connectivity index (χ0v) is 12.7. The van der Waals surface area contributed by atoms with E-state index in [1.54, 1.807) is 50.4 Å². The molecule has 0 amide bonds. The zero-order chi connectivity index (χ0) is 15.4. The van der Waals surface area contributed by atoms with Gasteiger partial charge in [0, 0.05) is 12.7 Å². The second-order valence-corrected chi connectivity index (χ2v) is 4.43. The quantitative estimate of drug-likeness (QED) is 0.882. The summed E-state index contributed by atoms with van der Waals surface area (Å²) in [4.78, 5) is 0. The van der Waals surface area contributed by atoms with Gasteiger partial charge in [-0.15, -0.1) is 0 Å². The summed E-state index contributed by atoms with van der Waals surface area (Å²) in [5.41, 5.74) is 1.37. The Morgan fingerprint density at radius 3 is 2.24 bits per heavy atom. The van der Waals surface area contributed by atoms with Crippen LogP contribution in [0.25, 0.3) is 0 Å². The van der Waals surface area contributed by atoms with Gasteiger partial charge in [0.2, 0.25) is 5.75 Å². The number of aromatic nitrogens is 2. The van der Waals surface area contributed by atoms with E-state index >= 15 is 0 Å². The SMILES string of the molecule is CCn1nccc1C(O)c1cc(OC)c(OC)c(OC)c1. The van der Waals surface area contributed by atoms with Gasteiger partial charge in [0.05, 0.1) is 27.0 Å². The largest absolute Gasteiger partial charge is 0.493 e. The van der Waals surface area contributed by atoms with Crippen LogP contribution in [0, 0.1) is 0 Å². The van der Waals surface area contributed by atoms with E-state index in [9.17, 15) is 5.11 Å². The third-order valence-electron chi connectivity index (χ3n) is 3.33. The van der Waals surface area contributed by atoms with Crippen LogP contribution in [0.5, 0.6) is 17.2 Å². The highest BCUT2D eigenvalue weighted by Gasteiger charge is 2.20. The minimum Gasteiger partial charge on any atom is -0.493 e. The molecule has 21 heavy (non-hydrogen) atoms. The summed E-state index contributed by atoms with van der Waals surface area (Å²) in [5, 5.41) is 14.8. The Labute approximate surface area is 123 Å². The number of ether oxygens (including phenoxy) is 3. The lowest BCUT2D eigenvalue weighted by Gasteiger charge is -2.17. The van der Waals surface area contributed by atoms with Crippen molar-refractivity contribution in [3.63, 3.8) is 0 Å². The Morgan fingerprint density at radius 2 is 1.76 bits per heavy atom. The van der Waals surface area contributed by atoms with E-state index < -0.39 is 6.10 Å². The Balaban J connectivity index is 2.48. The molecule has 1 aromatic heterocycles. The Bertz CT molecular complexity index is 584. The molecule has 114 valence electrons. The first-order valence-electron chi connectivity index (χ1n) is 6.65.